The largest absolute Gasteiger partial charge is 0.456 e. The second kappa shape index (κ2) is 11.7. The third kappa shape index (κ3) is 4.79. The summed E-state index contributed by atoms with van der Waals surface area (Å²) in [5.41, 5.74) is 13.1. The predicted octanol–water partition coefficient (Wildman–Crippen LogP) is 12.3. The Balaban J connectivity index is 1.26. The first kappa shape index (κ1) is 29.3. The SMILES string of the molecule is CC1=C(c2c(-c3cccc4c3oc3ccccc34)ccc3oc4ccccc4c23)N=C(c2ccc(-c3ccccc3)cc2)NC1c1ccccc1. The zero-order valence-corrected chi connectivity index (χ0v) is 27.9. The quantitative estimate of drug-likeness (QED) is 0.201. The fourth-order valence-electron chi connectivity index (χ4n) is 7.69. The van der Waals surface area contributed by atoms with Gasteiger partial charge in [0, 0.05) is 38.2 Å². The van der Waals surface area contributed by atoms with Crippen LogP contribution in [-0.4, -0.2) is 5.84 Å². The number of furan rings is 2. The Morgan fingerprint density at radius 1 is 0.490 bits per heavy atom. The van der Waals surface area contributed by atoms with Crippen molar-refractivity contribution < 1.29 is 8.83 Å². The molecule has 2 aromatic heterocycles. The Hall–Kier alpha value is -6.65. The second-order valence-electron chi connectivity index (χ2n) is 13.2. The van der Waals surface area contributed by atoms with Crippen molar-refractivity contribution in [2.75, 3.05) is 0 Å². The van der Waals surface area contributed by atoms with E-state index in [1.54, 1.807) is 0 Å². The average Bonchev–Trinajstić information content (AvgIpc) is 3.77. The van der Waals surface area contributed by atoms with Gasteiger partial charge in [0.15, 0.2) is 0 Å². The van der Waals surface area contributed by atoms with Crippen molar-refractivity contribution in [2.45, 2.75) is 13.0 Å². The van der Waals surface area contributed by atoms with Gasteiger partial charge in [-0.1, -0.05) is 140 Å². The van der Waals surface area contributed by atoms with E-state index in [-0.39, 0.29) is 6.04 Å². The number of aliphatic imine (C=N–C) groups is 1. The standard InChI is InChI=1S/C47H32N2O2/c1-29-44(32-15-6-3-7-16-32)48-47(33-25-23-31(24-26-33)30-13-4-2-5-14-30)49-45(29)43-35(27-28-41-42(43)38-18-9-11-22-40(38)50-41)37-20-12-19-36-34-17-8-10-21-39(34)51-46(36)37/h2-28,44H,1H3,(H,48,49). The van der Waals surface area contributed by atoms with Gasteiger partial charge in [0.05, 0.1) is 11.7 Å². The smallest absolute Gasteiger partial charge is 0.143 e. The molecule has 1 aliphatic rings. The Labute approximate surface area is 295 Å². The summed E-state index contributed by atoms with van der Waals surface area (Å²) in [7, 11) is 0. The molecular formula is C47H32N2O2. The van der Waals surface area contributed by atoms with Gasteiger partial charge in [-0.25, -0.2) is 4.99 Å². The van der Waals surface area contributed by atoms with E-state index < -0.39 is 0 Å². The molecule has 0 saturated carbocycles. The molecule has 4 nitrogen and oxygen atoms in total. The van der Waals surface area contributed by atoms with Gasteiger partial charge in [0.1, 0.15) is 28.2 Å². The maximum absolute atomic E-state index is 6.63. The van der Waals surface area contributed by atoms with Crippen LogP contribution >= 0.6 is 0 Å². The minimum Gasteiger partial charge on any atom is -0.456 e. The lowest BCUT2D eigenvalue weighted by atomic mass is 9.87. The lowest BCUT2D eigenvalue weighted by Gasteiger charge is -2.30. The highest BCUT2D eigenvalue weighted by Gasteiger charge is 2.29. The molecule has 0 saturated heterocycles. The van der Waals surface area contributed by atoms with Gasteiger partial charge >= 0.3 is 0 Å². The summed E-state index contributed by atoms with van der Waals surface area (Å²) in [6.07, 6.45) is 0. The van der Waals surface area contributed by atoms with Crippen LogP contribution in [0.15, 0.2) is 183 Å². The molecule has 0 bridgehead atoms. The molecule has 4 heteroatoms. The summed E-state index contributed by atoms with van der Waals surface area (Å²) in [6.45, 7) is 2.20. The minimum absolute atomic E-state index is 0.106. The Morgan fingerprint density at radius 2 is 1.12 bits per heavy atom. The maximum Gasteiger partial charge on any atom is 0.143 e. The number of rotatable bonds is 5. The number of para-hydroxylation sites is 3. The number of hydrogen-bond donors (Lipinski definition) is 1. The number of benzene rings is 7. The molecule has 242 valence electrons. The third-order valence-electron chi connectivity index (χ3n) is 10.2. The first-order chi connectivity index (χ1) is 25.2. The number of nitrogens with one attached hydrogen (secondary N) is 1. The van der Waals surface area contributed by atoms with Crippen LogP contribution in [0.25, 0.3) is 71.8 Å². The van der Waals surface area contributed by atoms with Crippen LogP contribution in [0, 0.1) is 0 Å². The maximum atomic E-state index is 6.63. The molecule has 0 spiro atoms. The molecule has 0 radical (unpaired) electrons. The predicted molar refractivity (Wildman–Crippen MR) is 210 cm³/mol. The molecule has 1 aliphatic heterocycles. The fourth-order valence-corrected chi connectivity index (χ4v) is 7.69. The zero-order valence-electron chi connectivity index (χ0n) is 27.9. The van der Waals surface area contributed by atoms with E-state index in [4.69, 9.17) is 13.8 Å². The number of amidine groups is 1. The van der Waals surface area contributed by atoms with Crippen LogP contribution in [0.2, 0.25) is 0 Å². The van der Waals surface area contributed by atoms with Gasteiger partial charge in [0.25, 0.3) is 0 Å². The highest BCUT2D eigenvalue weighted by atomic mass is 16.3. The van der Waals surface area contributed by atoms with Crippen molar-refractivity contribution in [3.63, 3.8) is 0 Å². The van der Waals surface area contributed by atoms with Gasteiger partial charge in [0.2, 0.25) is 0 Å². The highest BCUT2D eigenvalue weighted by Crippen LogP contribution is 2.46. The summed E-state index contributed by atoms with van der Waals surface area (Å²) in [6, 6.07) is 56.9. The summed E-state index contributed by atoms with van der Waals surface area (Å²) in [5, 5.41) is 8.12. The van der Waals surface area contributed by atoms with Crippen molar-refractivity contribution in [3.8, 4) is 22.3 Å². The van der Waals surface area contributed by atoms with Gasteiger partial charge in [-0.3, -0.25) is 0 Å². The molecule has 7 aromatic carbocycles. The number of hydrogen-bond acceptors (Lipinski definition) is 4. The molecule has 1 unspecified atom stereocenters. The van der Waals surface area contributed by atoms with Gasteiger partial charge in [-0.05, 0) is 59.0 Å². The summed E-state index contributed by atoms with van der Waals surface area (Å²) < 4.78 is 13.1. The van der Waals surface area contributed by atoms with Crippen LogP contribution in [-0.2, 0) is 0 Å². The topological polar surface area (TPSA) is 50.7 Å². The minimum atomic E-state index is -0.106. The van der Waals surface area contributed by atoms with Crippen molar-refractivity contribution in [3.05, 3.63) is 186 Å². The van der Waals surface area contributed by atoms with E-state index in [9.17, 15) is 0 Å². The van der Waals surface area contributed by atoms with Gasteiger partial charge in [-0.15, -0.1) is 0 Å². The molecule has 51 heavy (non-hydrogen) atoms. The molecule has 9 aromatic rings. The first-order valence-electron chi connectivity index (χ1n) is 17.3. The second-order valence-corrected chi connectivity index (χ2v) is 13.2. The van der Waals surface area contributed by atoms with Crippen LogP contribution in [0.4, 0.5) is 0 Å². The Bertz CT molecular complexity index is 2820. The zero-order chi connectivity index (χ0) is 33.9. The van der Waals surface area contributed by atoms with Crippen LogP contribution in [0.3, 0.4) is 0 Å². The monoisotopic (exact) mass is 656 g/mol. The molecular weight excluding hydrogens is 625 g/mol. The Morgan fingerprint density at radius 3 is 1.90 bits per heavy atom. The van der Waals surface area contributed by atoms with Crippen LogP contribution < -0.4 is 5.32 Å². The van der Waals surface area contributed by atoms with Crippen LogP contribution in [0.5, 0.6) is 0 Å². The summed E-state index contributed by atoms with van der Waals surface area (Å²) in [4.78, 5) is 5.54. The van der Waals surface area contributed by atoms with Gasteiger partial charge < -0.3 is 14.2 Å². The average molecular weight is 657 g/mol. The third-order valence-corrected chi connectivity index (χ3v) is 10.2. The van der Waals surface area contributed by atoms with Gasteiger partial charge in [-0.2, -0.15) is 0 Å². The fraction of sp³-hybridized carbons (Fsp3) is 0.0426. The van der Waals surface area contributed by atoms with Crippen molar-refractivity contribution in [1.82, 2.24) is 5.32 Å². The first-order valence-corrected chi connectivity index (χ1v) is 17.3. The van der Waals surface area contributed by atoms with E-state index in [2.05, 4.69) is 146 Å². The van der Waals surface area contributed by atoms with Crippen molar-refractivity contribution in [2.24, 2.45) is 4.99 Å². The molecule has 10 rings (SSSR count). The lowest BCUT2D eigenvalue weighted by molar-refractivity contribution is 0.668. The molecule has 0 aliphatic carbocycles. The van der Waals surface area contributed by atoms with E-state index in [0.29, 0.717) is 0 Å². The van der Waals surface area contributed by atoms with E-state index >= 15 is 0 Å². The van der Waals surface area contributed by atoms with E-state index in [1.807, 2.05) is 30.3 Å². The lowest BCUT2D eigenvalue weighted by Crippen LogP contribution is -2.33. The van der Waals surface area contributed by atoms with E-state index in [1.165, 1.54) is 11.1 Å². The Kier molecular flexibility index (Phi) is 6.75. The normalized spacial score (nSPS) is 14.8. The highest BCUT2D eigenvalue weighted by molar-refractivity contribution is 6.17. The van der Waals surface area contributed by atoms with Crippen molar-refractivity contribution >= 4 is 55.4 Å². The number of nitrogens with zero attached hydrogens (tertiary/aromatic N) is 1. The van der Waals surface area contributed by atoms with Crippen molar-refractivity contribution in [1.29, 1.82) is 0 Å². The molecule has 3 heterocycles. The molecule has 1 N–H and O–H groups in total. The number of fused-ring (bicyclic) bond motifs is 6. The summed E-state index contributed by atoms with van der Waals surface area (Å²) >= 11 is 0. The summed E-state index contributed by atoms with van der Waals surface area (Å²) in [5.74, 6) is 0.821. The van der Waals surface area contributed by atoms with E-state index in [0.717, 1.165) is 88.8 Å². The molecule has 0 fully saturated rings. The van der Waals surface area contributed by atoms with Crippen LogP contribution in [0.1, 0.15) is 29.7 Å². The molecule has 1 atom stereocenters. The molecule has 0 amide bonds.